The van der Waals surface area contributed by atoms with Gasteiger partial charge in [0.15, 0.2) is 5.78 Å². The van der Waals surface area contributed by atoms with Gasteiger partial charge in [0.05, 0.1) is 7.11 Å². The Bertz CT molecular complexity index is 973. The second-order valence-corrected chi connectivity index (χ2v) is 7.27. The minimum Gasteiger partial charge on any atom is -0.496 e. The standard InChI is InChI=1S/C26H27NO2/c1-27(2)18-17-20-9-11-22(12-10-20)25(28)15-13-24-19-23(14-16-26(24)29-3)21-7-5-4-6-8-21/h4-16,19H,17-18H2,1-3H3. The zero-order valence-electron chi connectivity index (χ0n) is 17.3. The number of carbonyl (C=O) groups excluding carboxylic acids is 1. The Morgan fingerprint density at radius 2 is 1.66 bits per heavy atom. The molecule has 0 saturated carbocycles. The van der Waals surface area contributed by atoms with E-state index in [1.165, 1.54) is 5.56 Å². The summed E-state index contributed by atoms with van der Waals surface area (Å²) in [7, 11) is 5.76. The SMILES string of the molecule is COc1ccc(-c2ccccc2)cc1C=CC(=O)c1ccc(CCN(C)C)cc1. The maximum Gasteiger partial charge on any atom is 0.185 e. The molecule has 0 amide bonds. The van der Waals surface area contributed by atoms with Gasteiger partial charge in [-0.3, -0.25) is 4.79 Å². The van der Waals surface area contributed by atoms with Crippen molar-refractivity contribution in [2.75, 3.05) is 27.7 Å². The molecule has 0 aliphatic rings. The largest absolute Gasteiger partial charge is 0.496 e. The normalized spacial score (nSPS) is 11.2. The van der Waals surface area contributed by atoms with Crippen LogP contribution in [0.3, 0.4) is 0 Å². The molecule has 0 aliphatic heterocycles. The van der Waals surface area contributed by atoms with Gasteiger partial charge in [-0.1, -0.05) is 60.7 Å². The smallest absolute Gasteiger partial charge is 0.185 e. The molecule has 3 rings (SSSR count). The number of methoxy groups -OCH3 is 1. The third kappa shape index (κ3) is 5.66. The molecule has 0 radical (unpaired) electrons. The third-order valence-corrected chi connectivity index (χ3v) is 4.84. The molecule has 0 saturated heterocycles. The van der Waals surface area contributed by atoms with E-state index in [1.54, 1.807) is 13.2 Å². The Morgan fingerprint density at radius 1 is 0.931 bits per heavy atom. The van der Waals surface area contributed by atoms with Crippen molar-refractivity contribution in [2.45, 2.75) is 6.42 Å². The summed E-state index contributed by atoms with van der Waals surface area (Å²) < 4.78 is 5.47. The van der Waals surface area contributed by atoms with Crippen molar-refractivity contribution in [1.29, 1.82) is 0 Å². The molecular formula is C26H27NO2. The van der Waals surface area contributed by atoms with Gasteiger partial charge >= 0.3 is 0 Å². The first-order valence-corrected chi connectivity index (χ1v) is 9.76. The topological polar surface area (TPSA) is 29.5 Å². The highest BCUT2D eigenvalue weighted by Gasteiger charge is 2.06. The van der Waals surface area contributed by atoms with Crippen molar-refractivity contribution in [3.05, 3.63) is 95.6 Å². The Labute approximate surface area is 173 Å². The highest BCUT2D eigenvalue weighted by atomic mass is 16.5. The van der Waals surface area contributed by atoms with Crippen LogP contribution in [0.25, 0.3) is 17.2 Å². The number of nitrogens with zero attached hydrogens (tertiary/aromatic N) is 1. The summed E-state index contributed by atoms with van der Waals surface area (Å²) in [6.07, 6.45) is 4.41. The molecule has 29 heavy (non-hydrogen) atoms. The summed E-state index contributed by atoms with van der Waals surface area (Å²) in [4.78, 5) is 14.8. The number of allylic oxidation sites excluding steroid dienone is 1. The average Bonchev–Trinajstić information content (AvgIpc) is 2.76. The number of hydrogen-bond donors (Lipinski definition) is 0. The fraction of sp³-hybridized carbons (Fsp3) is 0.192. The van der Waals surface area contributed by atoms with Crippen molar-refractivity contribution >= 4 is 11.9 Å². The zero-order chi connectivity index (χ0) is 20.6. The molecule has 0 fully saturated rings. The van der Waals surface area contributed by atoms with Gasteiger partial charge in [-0.2, -0.15) is 0 Å². The lowest BCUT2D eigenvalue weighted by Gasteiger charge is -2.09. The average molecular weight is 386 g/mol. The first-order valence-electron chi connectivity index (χ1n) is 9.76. The molecule has 3 nitrogen and oxygen atoms in total. The highest BCUT2D eigenvalue weighted by molar-refractivity contribution is 6.07. The molecule has 0 heterocycles. The van der Waals surface area contributed by atoms with Crippen LogP contribution >= 0.6 is 0 Å². The molecule has 148 valence electrons. The molecule has 0 unspecified atom stereocenters. The Morgan fingerprint density at radius 3 is 2.31 bits per heavy atom. The Hall–Kier alpha value is -3.17. The van der Waals surface area contributed by atoms with Crippen LogP contribution in [-0.2, 0) is 6.42 Å². The predicted octanol–water partition coefficient (Wildman–Crippen LogP) is 5.36. The first kappa shape index (κ1) is 20.6. The van der Waals surface area contributed by atoms with Crippen LogP contribution in [0, 0.1) is 0 Å². The monoisotopic (exact) mass is 385 g/mol. The van der Waals surface area contributed by atoms with Crippen LogP contribution in [-0.4, -0.2) is 38.4 Å². The van der Waals surface area contributed by atoms with Gasteiger partial charge < -0.3 is 9.64 Å². The second kappa shape index (κ2) is 9.85. The van der Waals surface area contributed by atoms with Gasteiger partial charge in [0, 0.05) is 17.7 Å². The third-order valence-electron chi connectivity index (χ3n) is 4.84. The van der Waals surface area contributed by atoms with Gasteiger partial charge in [-0.25, -0.2) is 0 Å². The van der Waals surface area contributed by atoms with E-state index in [0.717, 1.165) is 35.4 Å². The number of benzene rings is 3. The van der Waals surface area contributed by atoms with Crippen LogP contribution in [0.4, 0.5) is 0 Å². The van der Waals surface area contributed by atoms with E-state index in [4.69, 9.17) is 4.74 Å². The van der Waals surface area contributed by atoms with Crippen LogP contribution in [0.2, 0.25) is 0 Å². The zero-order valence-corrected chi connectivity index (χ0v) is 17.3. The number of carbonyl (C=O) groups is 1. The highest BCUT2D eigenvalue weighted by Crippen LogP contribution is 2.27. The summed E-state index contributed by atoms with van der Waals surface area (Å²) in [6, 6.07) is 24.0. The number of rotatable bonds is 8. The van der Waals surface area contributed by atoms with Gasteiger partial charge in [0.1, 0.15) is 5.75 Å². The molecule has 3 aromatic carbocycles. The minimum atomic E-state index is -0.0173. The van der Waals surface area contributed by atoms with Crippen molar-refractivity contribution < 1.29 is 9.53 Å². The fourth-order valence-corrected chi connectivity index (χ4v) is 3.12. The predicted molar refractivity (Wildman–Crippen MR) is 120 cm³/mol. The fourth-order valence-electron chi connectivity index (χ4n) is 3.12. The van der Waals surface area contributed by atoms with Gasteiger partial charge in [0.2, 0.25) is 0 Å². The van der Waals surface area contributed by atoms with Crippen LogP contribution in [0.15, 0.2) is 78.9 Å². The maximum atomic E-state index is 12.6. The van der Waals surface area contributed by atoms with E-state index in [2.05, 4.69) is 31.1 Å². The molecule has 3 aromatic rings. The number of likely N-dealkylation sites (N-methyl/N-ethyl adjacent to an activating group) is 1. The summed E-state index contributed by atoms with van der Waals surface area (Å²) >= 11 is 0. The molecule has 0 aliphatic carbocycles. The van der Waals surface area contributed by atoms with Crippen molar-refractivity contribution in [2.24, 2.45) is 0 Å². The summed E-state index contributed by atoms with van der Waals surface area (Å²) in [5.41, 5.74) is 5.02. The molecule has 0 N–H and O–H groups in total. The van der Waals surface area contributed by atoms with Gasteiger partial charge in [-0.15, -0.1) is 0 Å². The van der Waals surface area contributed by atoms with E-state index in [0.29, 0.717) is 5.56 Å². The number of ether oxygens (including phenoxy) is 1. The van der Waals surface area contributed by atoms with E-state index < -0.39 is 0 Å². The molecule has 0 atom stereocenters. The van der Waals surface area contributed by atoms with E-state index in [1.807, 2.05) is 66.7 Å². The Balaban J connectivity index is 1.77. The van der Waals surface area contributed by atoms with E-state index in [-0.39, 0.29) is 5.78 Å². The lowest BCUT2D eigenvalue weighted by Crippen LogP contribution is -2.15. The summed E-state index contributed by atoms with van der Waals surface area (Å²) in [5, 5.41) is 0. The molecule has 0 bridgehead atoms. The van der Waals surface area contributed by atoms with Crippen LogP contribution in [0.1, 0.15) is 21.5 Å². The second-order valence-electron chi connectivity index (χ2n) is 7.27. The van der Waals surface area contributed by atoms with Crippen LogP contribution < -0.4 is 4.74 Å². The molecular weight excluding hydrogens is 358 g/mol. The van der Waals surface area contributed by atoms with E-state index >= 15 is 0 Å². The molecule has 0 spiro atoms. The maximum absolute atomic E-state index is 12.6. The van der Waals surface area contributed by atoms with Crippen LogP contribution in [0.5, 0.6) is 5.75 Å². The minimum absolute atomic E-state index is 0.0173. The van der Waals surface area contributed by atoms with Crippen molar-refractivity contribution in [3.8, 4) is 16.9 Å². The van der Waals surface area contributed by atoms with Crippen molar-refractivity contribution in [3.63, 3.8) is 0 Å². The number of hydrogen-bond acceptors (Lipinski definition) is 3. The Kier molecular flexibility index (Phi) is 6.99. The summed E-state index contributed by atoms with van der Waals surface area (Å²) in [5.74, 6) is 0.726. The molecule has 0 aromatic heterocycles. The van der Waals surface area contributed by atoms with Gasteiger partial charge in [-0.05, 0) is 61.5 Å². The number of ketones is 1. The van der Waals surface area contributed by atoms with E-state index in [9.17, 15) is 4.79 Å². The summed E-state index contributed by atoms with van der Waals surface area (Å²) in [6.45, 7) is 0.991. The molecule has 3 heteroatoms. The lowest BCUT2D eigenvalue weighted by atomic mass is 10.0. The lowest BCUT2D eigenvalue weighted by molar-refractivity contribution is 0.104. The first-order chi connectivity index (χ1) is 14.1. The quantitative estimate of drug-likeness (QED) is 0.386. The van der Waals surface area contributed by atoms with Crippen molar-refractivity contribution in [1.82, 2.24) is 4.90 Å². The van der Waals surface area contributed by atoms with Gasteiger partial charge in [0.25, 0.3) is 0 Å².